The van der Waals surface area contributed by atoms with Crippen molar-refractivity contribution in [2.45, 2.75) is 65.6 Å². The highest BCUT2D eigenvalue weighted by molar-refractivity contribution is 9.10. The second-order valence-corrected chi connectivity index (χ2v) is 9.35. The Bertz CT molecular complexity index is 948. The van der Waals surface area contributed by atoms with E-state index in [1.807, 2.05) is 56.3 Å². The third kappa shape index (κ3) is 7.77. The molecule has 0 heterocycles. The maximum atomic E-state index is 13.2. The molecule has 2 rings (SSSR count). The lowest BCUT2D eigenvalue weighted by atomic mass is 10.0. The molecular formula is C26H35BrN2O4. The van der Waals surface area contributed by atoms with E-state index in [-0.39, 0.29) is 31.0 Å². The first-order chi connectivity index (χ1) is 15.7. The summed E-state index contributed by atoms with van der Waals surface area (Å²) in [5.41, 5.74) is 2.05. The minimum Gasteiger partial charge on any atom is -0.497 e. The number of amides is 2. The summed E-state index contributed by atoms with van der Waals surface area (Å²) in [7, 11) is 1.60. The fourth-order valence-corrected chi connectivity index (χ4v) is 3.74. The molecule has 0 bridgehead atoms. The first-order valence-corrected chi connectivity index (χ1v) is 12.1. The number of halogens is 1. The molecule has 0 saturated carbocycles. The van der Waals surface area contributed by atoms with Crippen molar-refractivity contribution in [2.24, 2.45) is 0 Å². The van der Waals surface area contributed by atoms with Crippen LogP contribution < -0.4 is 14.8 Å². The Labute approximate surface area is 205 Å². The Morgan fingerprint density at radius 3 is 2.42 bits per heavy atom. The molecule has 0 radical (unpaired) electrons. The van der Waals surface area contributed by atoms with Crippen LogP contribution in [0.5, 0.6) is 11.5 Å². The second-order valence-electron chi connectivity index (χ2n) is 8.50. The topological polar surface area (TPSA) is 67.9 Å². The SMILES string of the molecule is CCC(C)NC(=O)C(C)N(Cc1cccc(OC)c1)C(=O)COc1ccc(C(C)C)cc1Br. The van der Waals surface area contributed by atoms with Crippen molar-refractivity contribution >= 4 is 27.7 Å². The van der Waals surface area contributed by atoms with Crippen molar-refractivity contribution in [1.29, 1.82) is 0 Å². The number of methoxy groups -OCH3 is 1. The molecule has 0 aliphatic rings. The molecule has 2 aromatic carbocycles. The van der Waals surface area contributed by atoms with E-state index in [4.69, 9.17) is 9.47 Å². The van der Waals surface area contributed by atoms with Crippen LogP contribution in [0.3, 0.4) is 0 Å². The molecule has 180 valence electrons. The highest BCUT2D eigenvalue weighted by Gasteiger charge is 2.27. The van der Waals surface area contributed by atoms with Gasteiger partial charge in [0.15, 0.2) is 6.61 Å². The van der Waals surface area contributed by atoms with E-state index >= 15 is 0 Å². The van der Waals surface area contributed by atoms with Gasteiger partial charge in [0.05, 0.1) is 11.6 Å². The van der Waals surface area contributed by atoms with Gasteiger partial charge < -0.3 is 19.7 Å². The average Bonchev–Trinajstić information content (AvgIpc) is 2.80. The molecule has 0 fully saturated rings. The zero-order chi connectivity index (χ0) is 24.5. The Morgan fingerprint density at radius 1 is 1.09 bits per heavy atom. The zero-order valence-electron chi connectivity index (χ0n) is 20.4. The molecule has 2 atom stereocenters. The number of carbonyl (C=O) groups is 2. The normalized spacial score (nSPS) is 12.7. The van der Waals surface area contributed by atoms with Gasteiger partial charge in [-0.3, -0.25) is 9.59 Å². The molecule has 33 heavy (non-hydrogen) atoms. The minimum absolute atomic E-state index is 0.0281. The van der Waals surface area contributed by atoms with E-state index in [2.05, 4.69) is 35.1 Å². The van der Waals surface area contributed by atoms with Crippen LogP contribution in [0.1, 0.15) is 58.1 Å². The fraction of sp³-hybridized carbons (Fsp3) is 0.462. The van der Waals surface area contributed by atoms with Crippen LogP contribution in [0.15, 0.2) is 46.9 Å². The summed E-state index contributed by atoms with van der Waals surface area (Å²) in [6.45, 7) is 10.0. The van der Waals surface area contributed by atoms with E-state index in [1.54, 1.807) is 18.9 Å². The summed E-state index contributed by atoms with van der Waals surface area (Å²) in [6, 6.07) is 12.7. The standard InChI is InChI=1S/C26H35BrN2O4/c1-7-18(4)28-26(31)19(5)29(15-20-9-8-10-22(13-20)32-6)25(30)16-33-24-12-11-21(17(2)3)14-23(24)27/h8-14,17-19H,7,15-16H2,1-6H3,(H,28,31). The number of nitrogens with zero attached hydrogens (tertiary/aromatic N) is 1. The van der Waals surface area contributed by atoms with Crippen molar-refractivity contribution in [2.75, 3.05) is 13.7 Å². The molecule has 1 N–H and O–H groups in total. The summed E-state index contributed by atoms with van der Waals surface area (Å²) in [6.07, 6.45) is 0.811. The molecule has 6 nitrogen and oxygen atoms in total. The maximum absolute atomic E-state index is 13.2. The van der Waals surface area contributed by atoms with Crippen molar-refractivity contribution in [3.8, 4) is 11.5 Å². The van der Waals surface area contributed by atoms with Gasteiger partial charge >= 0.3 is 0 Å². The Hall–Kier alpha value is -2.54. The number of hydrogen-bond acceptors (Lipinski definition) is 4. The van der Waals surface area contributed by atoms with Gasteiger partial charge in [0.25, 0.3) is 5.91 Å². The second kappa shape index (κ2) is 12.6. The van der Waals surface area contributed by atoms with Crippen molar-refractivity contribution in [3.05, 3.63) is 58.1 Å². The Balaban J connectivity index is 2.20. The van der Waals surface area contributed by atoms with Crippen LogP contribution in [0.2, 0.25) is 0 Å². The lowest BCUT2D eigenvalue weighted by Crippen LogP contribution is -2.50. The van der Waals surface area contributed by atoms with Gasteiger partial charge in [-0.1, -0.05) is 39.0 Å². The molecule has 0 spiro atoms. The summed E-state index contributed by atoms with van der Waals surface area (Å²) < 4.78 is 11.9. The minimum atomic E-state index is -0.659. The summed E-state index contributed by atoms with van der Waals surface area (Å²) in [5, 5.41) is 2.97. The lowest BCUT2D eigenvalue weighted by molar-refractivity contribution is -0.142. The maximum Gasteiger partial charge on any atom is 0.261 e. The highest BCUT2D eigenvalue weighted by atomic mass is 79.9. The molecule has 0 aliphatic carbocycles. The number of hydrogen-bond donors (Lipinski definition) is 1. The predicted octanol–water partition coefficient (Wildman–Crippen LogP) is 5.29. The number of benzene rings is 2. The third-order valence-corrected chi connectivity index (χ3v) is 6.25. The van der Waals surface area contributed by atoms with Gasteiger partial charge in [0.1, 0.15) is 17.5 Å². The zero-order valence-corrected chi connectivity index (χ0v) is 21.9. The van der Waals surface area contributed by atoms with Gasteiger partial charge in [-0.2, -0.15) is 0 Å². The summed E-state index contributed by atoms with van der Waals surface area (Å²) >= 11 is 3.53. The fourth-order valence-electron chi connectivity index (χ4n) is 3.23. The van der Waals surface area contributed by atoms with Crippen LogP contribution in [0.4, 0.5) is 0 Å². The smallest absolute Gasteiger partial charge is 0.261 e. The summed E-state index contributed by atoms with van der Waals surface area (Å²) in [4.78, 5) is 27.6. The van der Waals surface area contributed by atoms with Crippen LogP contribution in [-0.2, 0) is 16.1 Å². The van der Waals surface area contributed by atoms with Crippen LogP contribution in [0.25, 0.3) is 0 Å². The van der Waals surface area contributed by atoms with E-state index < -0.39 is 6.04 Å². The van der Waals surface area contributed by atoms with E-state index in [1.165, 1.54) is 5.56 Å². The average molecular weight is 519 g/mol. The quantitative estimate of drug-likeness (QED) is 0.438. The third-order valence-electron chi connectivity index (χ3n) is 5.63. The van der Waals surface area contributed by atoms with Crippen molar-refractivity contribution in [1.82, 2.24) is 10.2 Å². The molecule has 7 heteroatoms. The molecule has 2 aromatic rings. The van der Waals surface area contributed by atoms with Crippen LogP contribution >= 0.6 is 15.9 Å². The van der Waals surface area contributed by atoms with Crippen molar-refractivity contribution in [3.63, 3.8) is 0 Å². The lowest BCUT2D eigenvalue weighted by Gasteiger charge is -2.29. The van der Waals surface area contributed by atoms with Gasteiger partial charge in [-0.25, -0.2) is 0 Å². The van der Waals surface area contributed by atoms with Gasteiger partial charge in [-0.15, -0.1) is 0 Å². The Morgan fingerprint density at radius 2 is 1.82 bits per heavy atom. The van der Waals surface area contributed by atoms with E-state index in [0.717, 1.165) is 16.5 Å². The monoisotopic (exact) mass is 518 g/mol. The van der Waals surface area contributed by atoms with Crippen LogP contribution in [0, 0.1) is 0 Å². The highest BCUT2D eigenvalue weighted by Crippen LogP contribution is 2.29. The Kier molecular flexibility index (Phi) is 10.2. The molecule has 2 amide bonds. The van der Waals surface area contributed by atoms with E-state index in [0.29, 0.717) is 17.4 Å². The van der Waals surface area contributed by atoms with Crippen molar-refractivity contribution < 1.29 is 19.1 Å². The van der Waals surface area contributed by atoms with E-state index in [9.17, 15) is 9.59 Å². The molecule has 0 aromatic heterocycles. The number of nitrogens with one attached hydrogen (secondary N) is 1. The van der Waals surface area contributed by atoms with Crippen LogP contribution in [-0.4, -0.2) is 42.5 Å². The molecule has 0 saturated heterocycles. The van der Waals surface area contributed by atoms with Gasteiger partial charge in [0, 0.05) is 12.6 Å². The first-order valence-electron chi connectivity index (χ1n) is 11.3. The summed E-state index contributed by atoms with van der Waals surface area (Å²) in [5.74, 6) is 1.21. The number of ether oxygens (including phenoxy) is 2. The molecular weight excluding hydrogens is 484 g/mol. The number of carbonyl (C=O) groups excluding carboxylic acids is 2. The first kappa shape index (κ1) is 26.7. The van der Waals surface area contributed by atoms with Gasteiger partial charge in [0.2, 0.25) is 5.91 Å². The largest absolute Gasteiger partial charge is 0.497 e. The molecule has 0 aliphatic heterocycles. The predicted molar refractivity (Wildman–Crippen MR) is 135 cm³/mol. The number of rotatable bonds is 11. The van der Waals surface area contributed by atoms with Gasteiger partial charge in [-0.05, 0) is 77.5 Å². The molecule has 2 unspecified atom stereocenters.